The topological polar surface area (TPSA) is 61.7 Å². The second kappa shape index (κ2) is 12.7. The summed E-state index contributed by atoms with van der Waals surface area (Å²) in [6.07, 6.45) is 0. The van der Waals surface area contributed by atoms with Crippen molar-refractivity contribution in [1.29, 1.82) is 0 Å². The lowest BCUT2D eigenvalue weighted by atomic mass is 10.1. The Morgan fingerprint density at radius 1 is 0.387 bits per heavy atom. The zero-order chi connectivity index (χ0) is 40.5. The highest BCUT2D eigenvalue weighted by Crippen LogP contribution is 2.43. The van der Waals surface area contributed by atoms with Gasteiger partial charge in [-0.05, 0) is 71.4 Å². The van der Waals surface area contributed by atoms with Crippen LogP contribution in [-0.4, -0.2) is 24.1 Å². The summed E-state index contributed by atoms with van der Waals surface area (Å²) >= 11 is 1.77. The molecule has 0 atom stereocenters. The molecule has 0 aliphatic carbocycles. The first-order valence-electron chi connectivity index (χ1n) is 20.8. The Morgan fingerprint density at radius 2 is 0.968 bits per heavy atom. The molecule has 14 aromatic rings. The van der Waals surface area contributed by atoms with E-state index in [2.05, 4.69) is 185 Å². The van der Waals surface area contributed by atoms with Gasteiger partial charge >= 0.3 is 0 Å². The largest absolute Gasteiger partial charge is 0.455 e. The minimum atomic E-state index is 0.530. The zero-order valence-corrected chi connectivity index (χ0v) is 33.8. The molecular formula is C55H31N5OS. The van der Waals surface area contributed by atoms with Crippen LogP contribution < -0.4 is 0 Å². The van der Waals surface area contributed by atoms with E-state index in [0.717, 1.165) is 76.3 Å². The molecule has 0 saturated heterocycles. The molecule has 7 heteroatoms. The highest BCUT2D eigenvalue weighted by molar-refractivity contribution is 7.26. The van der Waals surface area contributed by atoms with Crippen LogP contribution in [0.2, 0.25) is 0 Å². The molecule has 0 fully saturated rings. The fourth-order valence-corrected chi connectivity index (χ4v) is 11.0. The summed E-state index contributed by atoms with van der Waals surface area (Å²) < 4.78 is 13.8. The molecule has 0 unspecified atom stereocenters. The van der Waals surface area contributed by atoms with Gasteiger partial charge in [0.2, 0.25) is 5.95 Å². The molecule has 9 aromatic carbocycles. The number of hydrogen-bond donors (Lipinski definition) is 0. The maximum absolute atomic E-state index is 6.86. The van der Waals surface area contributed by atoms with Crippen molar-refractivity contribution in [2.75, 3.05) is 0 Å². The second-order valence-electron chi connectivity index (χ2n) is 16.0. The molecule has 0 N–H and O–H groups in total. The third kappa shape index (κ3) is 4.76. The van der Waals surface area contributed by atoms with Crippen LogP contribution in [-0.2, 0) is 0 Å². The van der Waals surface area contributed by atoms with Gasteiger partial charge in [-0.1, -0.05) is 127 Å². The Hall–Kier alpha value is -8.13. The van der Waals surface area contributed by atoms with E-state index in [1.54, 1.807) is 11.3 Å². The average Bonchev–Trinajstić information content (AvgIpc) is 4.08. The molecule has 62 heavy (non-hydrogen) atoms. The normalized spacial score (nSPS) is 12.2. The van der Waals surface area contributed by atoms with Gasteiger partial charge in [0.25, 0.3) is 0 Å². The number of furan rings is 1. The predicted molar refractivity (Wildman–Crippen MR) is 257 cm³/mol. The molecule has 5 heterocycles. The van der Waals surface area contributed by atoms with Gasteiger partial charge in [0, 0.05) is 63.7 Å². The molecule has 0 radical (unpaired) electrons. The van der Waals surface area contributed by atoms with Crippen molar-refractivity contribution in [2.45, 2.75) is 0 Å². The van der Waals surface area contributed by atoms with E-state index >= 15 is 0 Å². The highest BCUT2D eigenvalue weighted by atomic mass is 32.1. The summed E-state index contributed by atoms with van der Waals surface area (Å²) in [6, 6.07) is 66.7. The van der Waals surface area contributed by atoms with Gasteiger partial charge in [-0.3, -0.25) is 4.57 Å². The Morgan fingerprint density at radius 3 is 1.73 bits per heavy atom. The van der Waals surface area contributed by atoms with E-state index in [-0.39, 0.29) is 0 Å². The van der Waals surface area contributed by atoms with Crippen LogP contribution in [0.1, 0.15) is 0 Å². The second-order valence-corrected chi connectivity index (χ2v) is 17.0. The number of hydrogen-bond acceptors (Lipinski definition) is 5. The molecule has 0 aliphatic rings. The van der Waals surface area contributed by atoms with Crippen molar-refractivity contribution >= 4 is 108 Å². The van der Waals surface area contributed by atoms with Crippen molar-refractivity contribution in [3.05, 3.63) is 188 Å². The van der Waals surface area contributed by atoms with Crippen molar-refractivity contribution in [3.8, 4) is 34.4 Å². The maximum Gasteiger partial charge on any atom is 0.238 e. The monoisotopic (exact) mass is 809 g/mol. The maximum atomic E-state index is 6.86. The first-order chi connectivity index (χ1) is 30.7. The summed E-state index contributed by atoms with van der Waals surface area (Å²) in [5.41, 5.74) is 8.57. The van der Waals surface area contributed by atoms with Crippen LogP contribution in [0.4, 0.5) is 0 Å². The van der Waals surface area contributed by atoms with Gasteiger partial charge < -0.3 is 8.98 Å². The van der Waals surface area contributed by atoms with Crippen LogP contribution in [0.25, 0.3) is 131 Å². The summed E-state index contributed by atoms with van der Waals surface area (Å²) in [5, 5.41) is 11.5. The number of aromatic nitrogens is 5. The van der Waals surface area contributed by atoms with Crippen LogP contribution in [0.3, 0.4) is 0 Å². The zero-order valence-electron chi connectivity index (χ0n) is 33.0. The Balaban J connectivity index is 1.12. The van der Waals surface area contributed by atoms with Crippen LogP contribution >= 0.6 is 11.3 Å². The Kier molecular flexibility index (Phi) is 6.89. The lowest BCUT2D eigenvalue weighted by Crippen LogP contribution is -2.07. The van der Waals surface area contributed by atoms with Gasteiger partial charge in [0.15, 0.2) is 11.6 Å². The average molecular weight is 810 g/mol. The minimum absolute atomic E-state index is 0.530. The molecule has 5 aromatic heterocycles. The molecule has 0 aliphatic heterocycles. The third-order valence-electron chi connectivity index (χ3n) is 12.6. The van der Waals surface area contributed by atoms with Gasteiger partial charge in [0.1, 0.15) is 11.2 Å². The molecule has 0 amide bonds. The van der Waals surface area contributed by atoms with Crippen molar-refractivity contribution in [1.82, 2.24) is 24.1 Å². The fourth-order valence-electron chi connectivity index (χ4n) is 9.81. The number of rotatable bonds is 4. The first-order valence-corrected chi connectivity index (χ1v) is 21.6. The lowest BCUT2D eigenvalue weighted by molar-refractivity contribution is 0.669. The quantitative estimate of drug-likeness (QED) is 0.178. The van der Waals surface area contributed by atoms with E-state index in [9.17, 15) is 0 Å². The van der Waals surface area contributed by atoms with E-state index in [4.69, 9.17) is 19.4 Å². The van der Waals surface area contributed by atoms with Gasteiger partial charge in [0.05, 0.1) is 27.6 Å². The third-order valence-corrected chi connectivity index (χ3v) is 13.8. The van der Waals surface area contributed by atoms with E-state index < -0.39 is 0 Å². The summed E-state index contributed by atoms with van der Waals surface area (Å²) in [4.78, 5) is 16.4. The summed E-state index contributed by atoms with van der Waals surface area (Å²) in [6.45, 7) is 0. The molecule has 0 spiro atoms. The first kappa shape index (κ1) is 33.7. The Bertz CT molecular complexity index is 4130. The minimum Gasteiger partial charge on any atom is -0.455 e. The van der Waals surface area contributed by atoms with E-state index in [1.165, 1.54) is 37.0 Å². The summed E-state index contributed by atoms with van der Waals surface area (Å²) in [7, 11) is 0. The molecule has 6 nitrogen and oxygen atoms in total. The molecule has 0 bridgehead atoms. The lowest BCUT2D eigenvalue weighted by Gasteiger charge is -2.14. The predicted octanol–water partition coefficient (Wildman–Crippen LogP) is 14.8. The number of thiophene rings is 1. The van der Waals surface area contributed by atoms with Gasteiger partial charge in [-0.2, -0.15) is 9.97 Å². The number of nitrogens with zero attached hydrogens (tertiary/aromatic N) is 5. The number of para-hydroxylation sites is 4. The molecule has 288 valence electrons. The highest BCUT2D eigenvalue weighted by Gasteiger charge is 2.24. The van der Waals surface area contributed by atoms with Crippen LogP contribution in [0.15, 0.2) is 192 Å². The van der Waals surface area contributed by atoms with Crippen molar-refractivity contribution < 1.29 is 4.42 Å². The van der Waals surface area contributed by atoms with E-state index in [0.29, 0.717) is 17.6 Å². The molecule has 14 rings (SSSR count). The molecule has 0 saturated carbocycles. The fraction of sp³-hybridized carbons (Fsp3) is 0. The van der Waals surface area contributed by atoms with E-state index in [1.807, 2.05) is 12.1 Å². The van der Waals surface area contributed by atoms with Crippen LogP contribution in [0, 0.1) is 0 Å². The number of fused-ring (bicyclic) bond motifs is 13. The standard InChI is InChI=1S/C55H31N5OS/c1-2-15-33-29-48-42(28-32(33)14-1)37-18-5-8-23-45(37)59(48)34-30-43-38-19-6-11-26-49(38)61-51(43)44(31-34)54-56-53(41-22-13-21-40-39-20-7-12-27-50(39)62-52(40)41)57-55(58-54)60-46-24-9-3-16-35(46)36-17-4-10-25-47(36)60/h1-31H. The van der Waals surface area contributed by atoms with Gasteiger partial charge in [-0.15, -0.1) is 11.3 Å². The molecular weight excluding hydrogens is 779 g/mol. The number of benzene rings is 9. The van der Waals surface area contributed by atoms with Crippen LogP contribution in [0.5, 0.6) is 0 Å². The van der Waals surface area contributed by atoms with Crippen molar-refractivity contribution in [2.24, 2.45) is 0 Å². The van der Waals surface area contributed by atoms with Gasteiger partial charge in [-0.25, -0.2) is 4.98 Å². The summed E-state index contributed by atoms with van der Waals surface area (Å²) in [5.74, 6) is 1.67. The smallest absolute Gasteiger partial charge is 0.238 e. The van der Waals surface area contributed by atoms with Crippen molar-refractivity contribution in [3.63, 3.8) is 0 Å². The SMILES string of the molecule is c1ccc2cc3c(cc2c1)c1ccccc1n3-c1cc(-c2nc(-c3cccc4c3sc3ccccc34)nc(-n3c4ccccc4c4ccccc43)n2)c2oc3ccccc3c2c1. The Labute approximate surface area is 357 Å².